The van der Waals surface area contributed by atoms with Crippen LogP contribution < -0.4 is 10.1 Å². The average molecular weight is 455 g/mol. The highest BCUT2D eigenvalue weighted by atomic mass is 35.5. The van der Waals surface area contributed by atoms with Crippen molar-refractivity contribution in [2.24, 2.45) is 0 Å². The molecule has 4 aromatic rings. The van der Waals surface area contributed by atoms with Crippen LogP contribution in [0.1, 0.15) is 5.76 Å². The average Bonchev–Trinajstić information content (AvgIpc) is 3.47. The molecule has 1 N–H and O–H groups in total. The number of thioether (sulfide) groups is 1. The van der Waals surface area contributed by atoms with Gasteiger partial charge in [-0.15, -0.1) is 10.2 Å². The lowest BCUT2D eigenvalue weighted by Crippen LogP contribution is -2.24. The van der Waals surface area contributed by atoms with E-state index in [-0.39, 0.29) is 11.7 Å². The molecule has 2 aromatic heterocycles. The number of hydrogen-bond donors (Lipinski definition) is 1. The van der Waals surface area contributed by atoms with E-state index in [9.17, 15) is 4.79 Å². The highest BCUT2D eigenvalue weighted by Gasteiger charge is 2.19. The van der Waals surface area contributed by atoms with E-state index < -0.39 is 0 Å². The lowest BCUT2D eigenvalue weighted by molar-refractivity contribution is -0.118. The van der Waals surface area contributed by atoms with Gasteiger partial charge in [-0.1, -0.05) is 35.5 Å². The number of amides is 1. The number of furan rings is 1. The number of aromatic nitrogens is 3. The summed E-state index contributed by atoms with van der Waals surface area (Å²) >= 11 is 7.36. The van der Waals surface area contributed by atoms with Crippen molar-refractivity contribution in [3.05, 3.63) is 77.7 Å². The Morgan fingerprint density at radius 2 is 1.94 bits per heavy atom. The zero-order valence-corrected chi connectivity index (χ0v) is 18.2. The molecule has 31 heavy (non-hydrogen) atoms. The van der Waals surface area contributed by atoms with Crippen molar-refractivity contribution in [3.8, 4) is 22.8 Å². The maximum Gasteiger partial charge on any atom is 0.230 e. The molecule has 0 aliphatic rings. The molecule has 9 heteroatoms. The fourth-order valence-electron chi connectivity index (χ4n) is 2.97. The summed E-state index contributed by atoms with van der Waals surface area (Å²) in [5, 5.41) is 12.8. The topological polar surface area (TPSA) is 82.2 Å². The van der Waals surface area contributed by atoms with Gasteiger partial charge in [0.05, 0.1) is 31.2 Å². The SMILES string of the molecule is COc1ccccc1-c1nnc(SCC(=O)NCc2ccco2)n1-c1ccc(Cl)cc1. The van der Waals surface area contributed by atoms with E-state index in [1.165, 1.54) is 11.8 Å². The fourth-order valence-corrected chi connectivity index (χ4v) is 3.88. The molecule has 2 aromatic carbocycles. The van der Waals surface area contributed by atoms with E-state index in [4.69, 9.17) is 20.8 Å². The van der Waals surface area contributed by atoms with E-state index in [1.54, 1.807) is 31.6 Å². The van der Waals surface area contributed by atoms with Crippen LogP contribution in [0.5, 0.6) is 5.75 Å². The zero-order chi connectivity index (χ0) is 21.6. The normalized spacial score (nSPS) is 10.8. The second kappa shape index (κ2) is 9.72. The molecule has 1 amide bonds. The summed E-state index contributed by atoms with van der Waals surface area (Å²) in [6, 6.07) is 18.5. The minimum atomic E-state index is -0.133. The lowest BCUT2D eigenvalue weighted by Gasteiger charge is -2.12. The largest absolute Gasteiger partial charge is 0.496 e. The molecule has 0 saturated carbocycles. The van der Waals surface area contributed by atoms with Crippen LogP contribution in [0.4, 0.5) is 0 Å². The molecule has 0 fully saturated rings. The van der Waals surface area contributed by atoms with Gasteiger partial charge in [0.1, 0.15) is 11.5 Å². The van der Waals surface area contributed by atoms with Gasteiger partial charge < -0.3 is 14.5 Å². The number of nitrogens with one attached hydrogen (secondary N) is 1. The third kappa shape index (κ3) is 4.92. The third-order valence-electron chi connectivity index (χ3n) is 4.44. The Labute approximate surface area is 188 Å². The number of carbonyl (C=O) groups excluding carboxylic acids is 1. The minimum absolute atomic E-state index is 0.133. The van der Waals surface area contributed by atoms with E-state index in [0.29, 0.717) is 34.1 Å². The summed E-state index contributed by atoms with van der Waals surface area (Å²) in [6.07, 6.45) is 1.57. The second-order valence-electron chi connectivity index (χ2n) is 6.46. The van der Waals surface area contributed by atoms with Gasteiger partial charge in [-0.3, -0.25) is 9.36 Å². The number of rotatable bonds is 8. The first-order chi connectivity index (χ1) is 15.2. The number of carbonyl (C=O) groups is 1. The maximum atomic E-state index is 12.3. The van der Waals surface area contributed by atoms with E-state index in [2.05, 4.69) is 15.5 Å². The number of halogens is 1. The quantitative estimate of drug-likeness (QED) is 0.392. The molecule has 0 atom stereocenters. The summed E-state index contributed by atoms with van der Waals surface area (Å²) in [7, 11) is 1.61. The Morgan fingerprint density at radius 1 is 1.13 bits per heavy atom. The van der Waals surface area contributed by atoms with Crippen molar-refractivity contribution in [1.29, 1.82) is 0 Å². The van der Waals surface area contributed by atoms with Crippen LogP contribution in [0.2, 0.25) is 5.02 Å². The first-order valence-electron chi connectivity index (χ1n) is 9.42. The summed E-state index contributed by atoms with van der Waals surface area (Å²) in [5.74, 6) is 2.03. The van der Waals surface area contributed by atoms with Crippen LogP contribution in [0.3, 0.4) is 0 Å². The number of benzene rings is 2. The number of hydrogen-bond acceptors (Lipinski definition) is 6. The molecular weight excluding hydrogens is 436 g/mol. The lowest BCUT2D eigenvalue weighted by atomic mass is 10.2. The molecule has 4 rings (SSSR count). The predicted octanol–water partition coefficient (Wildman–Crippen LogP) is 4.60. The Balaban J connectivity index is 1.60. The monoisotopic (exact) mass is 454 g/mol. The van der Waals surface area contributed by atoms with Crippen LogP contribution in [-0.4, -0.2) is 33.5 Å². The van der Waals surface area contributed by atoms with Gasteiger partial charge >= 0.3 is 0 Å². The van der Waals surface area contributed by atoms with Gasteiger partial charge in [-0.05, 0) is 48.5 Å². The van der Waals surface area contributed by atoms with Gasteiger partial charge in [0, 0.05) is 10.7 Å². The third-order valence-corrected chi connectivity index (χ3v) is 5.62. The summed E-state index contributed by atoms with van der Waals surface area (Å²) in [4.78, 5) is 12.3. The molecule has 0 saturated heterocycles. The van der Waals surface area contributed by atoms with Gasteiger partial charge in [-0.2, -0.15) is 0 Å². The van der Waals surface area contributed by atoms with Crippen molar-refractivity contribution < 1.29 is 13.9 Å². The Hall–Kier alpha value is -3.23. The van der Waals surface area contributed by atoms with Crippen molar-refractivity contribution in [2.45, 2.75) is 11.7 Å². The first-order valence-corrected chi connectivity index (χ1v) is 10.8. The van der Waals surface area contributed by atoms with E-state index >= 15 is 0 Å². The summed E-state index contributed by atoms with van der Waals surface area (Å²) < 4.78 is 12.6. The first kappa shape index (κ1) is 21.0. The van der Waals surface area contributed by atoms with Crippen LogP contribution in [0.25, 0.3) is 17.1 Å². The summed E-state index contributed by atoms with van der Waals surface area (Å²) in [6.45, 7) is 0.336. The highest BCUT2D eigenvalue weighted by Crippen LogP contribution is 2.33. The van der Waals surface area contributed by atoms with Crippen LogP contribution in [0, 0.1) is 0 Å². The molecule has 2 heterocycles. The van der Waals surface area contributed by atoms with Gasteiger partial charge in [0.25, 0.3) is 0 Å². The van der Waals surface area contributed by atoms with Crippen LogP contribution in [0.15, 0.2) is 76.5 Å². The standard InChI is InChI=1S/C22H19ClN4O3S/c1-29-19-7-3-2-6-18(19)21-25-26-22(27(21)16-10-8-15(23)9-11-16)31-14-20(28)24-13-17-5-4-12-30-17/h2-12H,13-14H2,1H3,(H,24,28). The second-order valence-corrected chi connectivity index (χ2v) is 7.84. The molecule has 0 aliphatic carbocycles. The molecule has 0 unspecified atom stereocenters. The van der Waals surface area contributed by atoms with Crippen molar-refractivity contribution >= 4 is 29.3 Å². The van der Waals surface area contributed by atoms with Crippen molar-refractivity contribution in [1.82, 2.24) is 20.1 Å². The molecule has 0 bridgehead atoms. The molecule has 0 radical (unpaired) electrons. The minimum Gasteiger partial charge on any atom is -0.496 e. The molecule has 0 aliphatic heterocycles. The number of nitrogens with zero attached hydrogens (tertiary/aromatic N) is 3. The molecule has 7 nitrogen and oxygen atoms in total. The summed E-state index contributed by atoms with van der Waals surface area (Å²) in [5.41, 5.74) is 1.62. The highest BCUT2D eigenvalue weighted by molar-refractivity contribution is 7.99. The zero-order valence-electron chi connectivity index (χ0n) is 16.6. The smallest absolute Gasteiger partial charge is 0.230 e. The number of para-hydroxylation sites is 1. The molecule has 0 spiro atoms. The Kier molecular flexibility index (Phi) is 6.59. The number of ether oxygens (including phenoxy) is 1. The Bertz CT molecular complexity index is 1160. The van der Waals surface area contributed by atoms with E-state index in [0.717, 1.165) is 11.3 Å². The van der Waals surface area contributed by atoms with Gasteiger partial charge in [0.15, 0.2) is 11.0 Å². The van der Waals surface area contributed by atoms with Crippen molar-refractivity contribution in [2.75, 3.05) is 12.9 Å². The molecule has 158 valence electrons. The van der Waals surface area contributed by atoms with Crippen molar-refractivity contribution in [3.63, 3.8) is 0 Å². The van der Waals surface area contributed by atoms with Gasteiger partial charge in [0.2, 0.25) is 5.91 Å². The van der Waals surface area contributed by atoms with Gasteiger partial charge in [-0.25, -0.2) is 0 Å². The Morgan fingerprint density at radius 3 is 2.68 bits per heavy atom. The molecular formula is C22H19ClN4O3S. The predicted molar refractivity (Wildman–Crippen MR) is 120 cm³/mol. The van der Waals surface area contributed by atoms with E-state index in [1.807, 2.05) is 47.0 Å². The maximum absolute atomic E-state index is 12.3. The fraction of sp³-hybridized carbons (Fsp3) is 0.136. The van der Waals surface area contributed by atoms with Crippen LogP contribution >= 0.6 is 23.4 Å². The van der Waals surface area contributed by atoms with Crippen LogP contribution in [-0.2, 0) is 11.3 Å². The number of methoxy groups -OCH3 is 1.